The predicted molar refractivity (Wildman–Crippen MR) is 77.1 cm³/mol. The van der Waals surface area contributed by atoms with Crippen molar-refractivity contribution in [2.75, 3.05) is 13.2 Å². The first-order valence-corrected chi connectivity index (χ1v) is 10.2. The second-order valence-electron chi connectivity index (χ2n) is 3.40. The van der Waals surface area contributed by atoms with Gasteiger partial charge in [-0.1, -0.05) is 18.3 Å². The van der Waals surface area contributed by atoms with Crippen LogP contribution in [-0.2, 0) is 33.0 Å². The van der Waals surface area contributed by atoms with Gasteiger partial charge in [-0.2, -0.15) is 0 Å². The summed E-state index contributed by atoms with van der Waals surface area (Å²) in [4.78, 5) is 0. The molecule has 8 heteroatoms. The number of hydrogen-bond acceptors (Lipinski definition) is 7. The maximum absolute atomic E-state index is 5.52. The minimum atomic E-state index is -2.27. The van der Waals surface area contributed by atoms with Crippen LogP contribution in [0.4, 0.5) is 0 Å². The van der Waals surface area contributed by atoms with E-state index in [0.717, 1.165) is 12.8 Å². The molecule has 0 saturated carbocycles. The van der Waals surface area contributed by atoms with E-state index in [2.05, 4.69) is 17.1 Å². The normalized spacial score (nSPS) is 11.9. The molecule has 0 aliphatic rings. The molecule has 1 rings (SSSR count). The highest BCUT2D eigenvalue weighted by Crippen LogP contribution is 2.61. The fourth-order valence-corrected chi connectivity index (χ4v) is 5.46. The van der Waals surface area contributed by atoms with Crippen LogP contribution >= 0.6 is 17.1 Å². The van der Waals surface area contributed by atoms with Crippen molar-refractivity contribution in [1.82, 2.24) is 10.2 Å². The van der Waals surface area contributed by atoms with Crippen molar-refractivity contribution in [2.24, 2.45) is 0 Å². The van der Waals surface area contributed by atoms with Gasteiger partial charge in [-0.15, -0.1) is 10.2 Å². The Bertz CT molecular complexity index is 390. The van der Waals surface area contributed by atoms with E-state index >= 15 is 0 Å². The van der Waals surface area contributed by atoms with E-state index in [9.17, 15) is 0 Å². The fourth-order valence-electron chi connectivity index (χ4n) is 1.22. The van der Waals surface area contributed by atoms with Crippen LogP contribution in [0.25, 0.3) is 0 Å². The molecular weight excluding hydrogens is 291 g/mol. The Balaban J connectivity index is 2.52. The van der Waals surface area contributed by atoms with Gasteiger partial charge in [0.15, 0.2) is 0 Å². The van der Waals surface area contributed by atoms with Gasteiger partial charge in [0.1, 0.15) is 0 Å². The Hall–Kier alpha value is 0.0600. The number of hydrogen-bond donors (Lipinski definition) is 0. The molecule has 0 aromatic carbocycles. The van der Waals surface area contributed by atoms with Crippen molar-refractivity contribution in [2.45, 2.75) is 39.4 Å². The molecule has 5 nitrogen and oxygen atoms in total. The highest BCUT2D eigenvalue weighted by molar-refractivity contribution is 8.67. The van der Waals surface area contributed by atoms with Gasteiger partial charge in [-0.05, 0) is 32.1 Å². The standard InChI is InChI=1S/C10H19N2O3PS2/c1-4-7-9-11-12-10(15-9)8-18-16(17,13-5-2)14-6-3/h4-8H2,1-3H3. The van der Waals surface area contributed by atoms with E-state index in [1.165, 1.54) is 11.4 Å². The Morgan fingerprint density at radius 2 is 1.78 bits per heavy atom. The van der Waals surface area contributed by atoms with Crippen molar-refractivity contribution in [3.05, 3.63) is 11.8 Å². The monoisotopic (exact) mass is 310 g/mol. The Morgan fingerprint density at radius 3 is 2.33 bits per heavy atom. The Morgan fingerprint density at radius 1 is 1.17 bits per heavy atom. The van der Waals surface area contributed by atoms with Crippen molar-refractivity contribution in [3.63, 3.8) is 0 Å². The van der Waals surface area contributed by atoms with Gasteiger partial charge in [0.25, 0.3) is 0 Å². The third-order valence-electron chi connectivity index (χ3n) is 1.89. The zero-order chi connectivity index (χ0) is 13.4. The van der Waals surface area contributed by atoms with E-state index in [1.807, 2.05) is 13.8 Å². The van der Waals surface area contributed by atoms with E-state index in [4.69, 9.17) is 25.3 Å². The number of nitrogens with zero attached hydrogens (tertiary/aromatic N) is 2. The summed E-state index contributed by atoms with van der Waals surface area (Å²) < 4.78 is 16.5. The molecule has 0 spiro atoms. The lowest BCUT2D eigenvalue weighted by Crippen LogP contribution is -1.93. The third kappa shape index (κ3) is 5.36. The van der Waals surface area contributed by atoms with Crippen LogP contribution in [0.3, 0.4) is 0 Å². The lowest BCUT2D eigenvalue weighted by atomic mass is 10.3. The smallest absolute Gasteiger partial charge is 0.247 e. The second kappa shape index (κ2) is 8.27. The minimum absolute atomic E-state index is 0.536. The molecule has 0 aliphatic heterocycles. The van der Waals surface area contributed by atoms with Gasteiger partial charge < -0.3 is 13.5 Å². The van der Waals surface area contributed by atoms with Crippen LogP contribution in [-0.4, -0.2) is 23.4 Å². The van der Waals surface area contributed by atoms with Crippen LogP contribution in [0.5, 0.6) is 0 Å². The molecule has 0 atom stereocenters. The summed E-state index contributed by atoms with van der Waals surface area (Å²) in [6.45, 7) is 6.99. The summed E-state index contributed by atoms with van der Waals surface area (Å²) in [5.74, 6) is 1.79. The van der Waals surface area contributed by atoms with Crippen LogP contribution in [0.2, 0.25) is 0 Å². The molecule has 1 aromatic rings. The van der Waals surface area contributed by atoms with Gasteiger partial charge in [-0.25, -0.2) is 0 Å². The van der Waals surface area contributed by atoms with Gasteiger partial charge >= 0.3 is 0 Å². The van der Waals surface area contributed by atoms with Crippen molar-refractivity contribution >= 4 is 28.9 Å². The Labute approximate surface area is 117 Å². The molecule has 0 fully saturated rings. The van der Waals surface area contributed by atoms with Crippen LogP contribution in [0.15, 0.2) is 4.42 Å². The van der Waals surface area contributed by atoms with Crippen molar-refractivity contribution in [3.8, 4) is 0 Å². The molecular formula is C10H19N2O3PS2. The molecule has 0 radical (unpaired) electrons. The number of aromatic nitrogens is 2. The number of aryl methyl sites for hydroxylation is 1. The van der Waals surface area contributed by atoms with Gasteiger partial charge in [0, 0.05) is 6.42 Å². The van der Waals surface area contributed by atoms with E-state index in [-0.39, 0.29) is 0 Å². The molecule has 1 aromatic heterocycles. The van der Waals surface area contributed by atoms with Crippen molar-refractivity contribution < 1.29 is 13.5 Å². The molecule has 1 heterocycles. The largest absolute Gasteiger partial charge is 0.424 e. The first-order valence-electron chi connectivity index (χ1n) is 5.98. The molecule has 0 N–H and O–H groups in total. The molecule has 0 amide bonds. The second-order valence-corrected chi connectivity index (χ2v) is 9.71. The number of rotatable bonds is 9. The van der Waals surface area contributed by atoms with Crippen LogP contribution < -0.4 is 0 Å². The summed E-state index contributed by atoms with van der Waals surface area (Å²) >= 11 is 6.84. The minimum Gasteiger partial charge on any atom is -0.424 e. The zero-order valence-electron chi connectivity index (χ0n) is 10.9. The summed E-state index contributed by atoms with van der Waals surface area (Å²) in [6.07, 6.45) is 1.80. The van der Waals surface area contributed by atoms with E-state index in [1.54, 1.807) is 0 Å². The summed E-state index contributed by atoms with van der Waals surface area (Å²) in [5.41, 5.74) is -2.27. The molecule has 104 valence electrons. The predicted octanol–water partition coefficient (Wildman–Crippen LogP) is 3.55. The molecule has 0 aliphatic carbocycles. The van der Waals surface area contributed by atoms with Gasteiger partial charge in [0.2, 0.25) is 17.5 Å². The first-order chi connectivity index (χ1) is 8.63. The highest BCUT2D eigenvalue weighted by Gasteiger charge is 2.20. The fraction of sp³-hybridized carbons (Fsp3) is 0.800. The molecule has 18 heavy (non-hydrogen) atoms. The van der Waals surface area contributed by atoms with Gasteiger partial charge in [-0.3, -0.25) is 0 Å². The van der Waals surface area contributed by atoms with Crippen LogP contribution in [0, 0.1) is 0 Å². The lowest BCUT2D eigenvalue weighted by molar-refractivity contribution is 0.280. The average Bonchev–Trinajstić information content (AvgIpc) is 2.76. The van der Waals surface area contributed by atoms with Gasteiger partial charge in [0.05, 0.1) is 19.0 Å². The summed E-state index contributed by atoms with van der Waals surface area (Å²) in [5, 5.41) is 7.95. The average molecular weight is 310 g/mol. The molecule has 0 bridgehead atoms. The quantitative estimate of drug-likeness (QED) is 0.646. The summed E-state index contributed by atoms with van der Waals surface area (Å²) in [7, 11) is 0. The molecule has 0 unspecified atom stereocenters. The first kappa shape index (κ1) is 16.1. The van der Waals surface area contributed by atoms with E-state index in [0.29, 0.717) is 30.7 Å². The highest BCUT2D eigenvalue weighted by atomic mass is 32.9. The van der Waals surface area contributed by atoms with Crippen LogP contribution in [0.1, 0.15) is 39.0 Å². The van der Waals surface area contributed by atoms with Crippen molar-refractivity contribution in [1.29, 1.82) is 0 Å². The molecule has 0 saturated heterocycles. The maximum atomic E-state index is 5.52. The van der Waals surface area contributed by atoms with E-state index < -0.39 is 5.69 Å². The maximum Gasteiger partial charge on any atom is 0.247 e. The SMILES string of the molecule is CCCc1nnc(CSP(=S)(OCC)OCC)o1. The topological polar surface area (TPSA) is 57.4 Å². The zero-order valence-corrected chi connectivity index (χ0v) is 13.4. The Kier molecular flexibility index (Phi) is 7.41. The third-order valence-corrected chi connectivity index (χ3v) is 7.28. The lowest BCUT2D eigenvalue weighted by Gasteiger charge is -2.18. The summed E-state index contributed by atoms with van der Waals surface area (Å²) in [6, 6.07) is 0.